The van der Waals surface area contributed by atoms with Crippen LogP contribution >= 0.6 is 15.9 Å². The third kappa shape index (κ3) is 2.36. The Labute approximate surface area is 100 Å². The van der Waals surface area contributed by atoms with Crippen molar-refractivity contribution in [1.82, 2.24) is 9.55 Å². The number of halogens is 2. The number of hydrogen-bond donors (Lipinski definition) is 0. The van der Waals surface area contributed by atoms with Gasteiger partial charge in [-0.05, 0) is 12.1 Å². The summed E-state index contributed by atoms with van der Waals surface area (Å²) >= 11 is 3.19. The molecule has 1 aromatic heterocycles. The lowest BCUT2D eigenvalue weighted by Gasteiger charge is -2.04. The van der Waals surface area contributed by atoms with E-state index in [0.29, 0.717) is 28.6 Å². The lowest BCUT2D eigenvalue weighted by Crippen LogP contribution is -1.99. The van der Waals surface area contributed by atoms with Crippen molar-refractivity contribution in [3.8, 4) is 0 Å². The van der Waals surface area contributed by atoms with Gasteiger partial charge in [-0.25, -0.2) is 9.37 Å². The van der Waals surface area contributed by atoms with Gasteiger partial charge in [-0.1, -0.05) is 22.0 Å². The molecule has 1 heterocycles. The molecule has 5 heteroatoms. The molecule has 0 atom stereocenters. The lowest BCUT2D eigenvalue weighted by molar-refractivity contribution is 0.111. The highest BCUT2D eigenvalue weighted by atomic mass is 79.9. The SMILES string of the molecule is O=Cc1cn(Cc2ccc(Br)cc2F)cn1. The van der Waals surface area contributed by atoms with Gasteiger partial charge in [0.2, 0.25) is 0 Å². The molecule has 0 spiro atoms. The highest BCUT2D eigenvalue weighted by Crippen LogP contribution is 2.16. The molecule has 0 amide bonds. The summed E-state index contributed by atoms with van der Waals surface area (Å²) in [5.41, 5.74) is 0.899. The van der Waals surface area contributed by atoms with Crippen LogP contribution in [0.25, 0.3) is 0 Å². The van der Waals surface area contributed by atoms with Crippen LogP contribution in [0.5, 0.6) is 0 Å². The molecule has 3 nitrogen and oxygen atoms in total. The van der Waals surface area contributed by atoms with Crippen LogP contribution in [-0.2, 0) is 6.54 Å². The summed E-state index contributed by atoms with van der Waals surface area (Å²) in [5.74, 6) is -0.282. The molecule has 2 aromatic rings. The van der Waals surface area contributed by atoms with E-state index in [1.54, 1.807) is 22.9 Å². The van der Waals surface area contributed by atoms with Gasteiger partial charge in [0, 0.05) is 16.2 Å². The summed E-state index contributed by atoms with van der Waals surface area (Å²) in [5, 5.41) is 0. The van der Waals surface area contributed by atoms with E-state index >= 15 is 0 Å². The number of aromatic nitrogens is 2. The number of nitrogens with zero attached hydrogens (tertiary/aromatic N) is 2. The van der Waals surface area contributed by atoms with Crippen molar-refractivity contribution in [2.45, 2.75) is 6.54 Å². The van der Waals surface area contributed by atoms with Crippen LogP contribution in [-0.4, -0.2) is 15.8 Å². The van der Waals surface area contributed by atoms with Gasteiger partial charge in [-0.3, -0.25) is 4.79 Å². The van der Waals surface area contributed by atoms with E-state index in [2.05, 4.69) is 20.9 Å². The molecule has 0 radical (unpaired) electrons. The fraction of sp³-hybridized carbons (Fsp3) is 0.0909. The number of hydrogen-bond acceptors (Lipinski definition) is 2. The standard InChI is InChI=1S/C11H8BrFN2O/c12-9-2-1-8(11(13)3-9)4-15-5-10(6-16)14-7-15/h1-3,5-7H,4H2. The largest absolute Gasteiger partial charge is 0.332 e. The summed E-state index contributed by atoms with van der Waals surface area (Å²) in [6.07, 6.45) is 3.74. The third-order valence-electron chi connectivity index (χ3n) is 2.14. The number of imidazole rings is 1. The summed E-state index contributed by atoms with van der Waals surface area (Å²) in [6.45, 7) is 0.361. The second-order valence-corrected chi connectivity index (χ2v) is 4.24. The number of carbonyl (C=O) groups excluding carboxylic acids is 1. The Morgan fingerprint density at radius 3 is 2.94 bits per heavy atom. The van der Waals surface area contributed by atoms with E-state index in [4.69, 9.17) is 0 Å². The van der Waals surface area contributed by atoms with E-state index < -0.39 is 0 Å². The van der Waals surface area contributed by atoms with Crippen molar-refractivity contribution in [3.63, 3.8) is 0 Å². The van der Waals surface area contributed by atoms with Crippen molar-refractivity contribution in [1.29, 1.82) is 0 Å². The van der Waals surface area contributed by atoms with Crippen molar-refractivity contribution in [2.24, 2.45) is 0 Å². The maximum Gasteiger partial charge on any atom is 0.169 e. The Bertz CT molecular complexity index is 524. The van der Waals surface area contributed by atoms with Gasteiger partial charge in [-0.2, -0.15) is 0 Å². The van der Waals surface area contributed by atoms with Crippen LogP contribution in [0.3, 0.4) is 0 Å². The maximum atomic E-state index is 13.5. The summed E-state index contributed by atoms with van der Waals surface area (Å²) < 4.78 is 15.9. The number of carbonyl (C=O) groups is 1. The highest BCUT2D eigenvalue weighted by Gasteiger charge is 2.04. The van der Waals surface area contributed by atoms with Gasteiger partial charge in [0.1, 0.15) is 11.5 Å². The number of benzene rings is 1. The molecule has 0 aliphatic heterocycles. The first kappa shape index (κ1) is 11.0. The first-order valence-corrected chi connectivity index (χ1v) is 5.39. The van der Waals surface area contributed by atoms with Crippen LogP contribution in [0.1, 0.15) is 16.1 Å². The minimum Gasteiger partial charge on any atom is -0.332 e. The zero-order chi connectivity index (χ0) is 11.5. The zero-order valence-corrected chi connectivity index (χ0v) is 9.82. The molecule has 0 aliphatic carbocycles. The summed E-state index contributed by atoms with van der Waals surface area (Å²) in [6, 6.07) is 4.88. The second-order valence-electron chi connectivity index (χ2n) is 3.32. The molecule has 0 saturated heterocycles. The molecular weight excluding hydrogens is 275 g/mol. The van der Waals surface area contributed by atoms with Crippen LogP contribution in [0.4, 0.5) is 4.39 Å². The fourth-order valence-corrected chi connectivity index (χ4v) is 1.70. The number of rotatable bonds is 3. The smallest absolute Gasteiger partial charge is 0.169 e. The molecule has 0 saturated carbocycles. The minimum absolute atomic E-state index is 0.282. The summed E-state index contributed by atoms with van der Waals surface area (Å²) in [4.78, 5) is 14.3. The molecular formula is C11H8BrFN2O. The van der Waals surface area contributed by atoms with E-state index in [0.717, 1.165) is 0 Å². The molecule has 82 valence electrons. The lowest BCUT2D eigenvalue weighted by atomic mass is 10.2. The molecule has 2 rings (SSSR count). The fourth-order valence-electron chi connectivity index (χ4n) is 1.37. The van der Waals surface area contributed by atoms with E-state index in [1.807, 2.05) is 0 Å². The monoisotopic (exact) mass is 282 g/mol. The Hall–Kier alpha value is -1.49. The van der Waals surface area contributed by atoms with Crippen molar-refractivity contribution >= 4 is 22.2 Å². The van der Waals surface area contributed by atoms with Crippen molar-refractivity contribution < 1.29 is 9.18 Å². The van der Waals surface area contributed by atoms with Gasteiger partial charge in [-0.15, -0.1) is 0 Å². The van der Waals surface area contributed by atoms with Gasteiger partial charge in [0.15, 0.2) is 6.29 Å². The van der Waals surface area contributed by atoms with Gasteiger partial charge in [0.25, 0.3) is 0 Å². The second kappa shape index (κ2) is 4.57. The van der Waals surface area contributed by atoms with Crippen LogP contribution < -0.4 is 0 Å². The third-order valence-corrected chi connectivity index (χ3v) is 2.64. The topological polar surface area (TPSA) is 34.9 Å². The molecule has 0 bridgehead atoms. The normalized spacial score (nSPS) is 10.4. The van der Waals surface area contributed by atoms with E-state index in [1.165, 1.54) is 12.4 Å². The minimum atomic E-state index is -0.282. The Morgan fingerprint density at radius 2 is 2.31 bits per heavy atom. The average molecular weight is 283 g/mol. The van der Waals surface area contributed by atoms with Crippen molar-refractivity contribution in [3.05, 3.63) is 52.3 Å². The summed E-state index contributed by atoms with van der Waals surface area (Å²) in [7, 11) is 0. The maximum absolute atomic E-state index is 13.5. The molecule has 16 heavy (non-hydrogen) atoms. The van der Waals surface area contributed by atoms with Crippen molar-refractivity contribution in [2.75, 3.05) is 0 Å². The zero-order valence-electron chi connectivity index (χ0n) is 8.23. The molecule has 1 aromatic carbocycles. The van der Waals surface area contributed by atoms with Crippen LogP contribution in [0, 0.1) is 5.82 Å². The molecule has 0 aliphatic rings. The first-order valence-electron chi connectivity index (χ1n) is 4.60. The van der Waals surface area contributed by atoms with Crippen LogP contribution in [0.2, 0.25) is 0 Å². The van der Waals surface area contributed by atoms with Gasteiger partial charge >= 0.3 is 0 Å². The predicted molar refractivity (Wildman–Crippen MR) is 60.8 cm³/mol. The van der Waals surface area contributed by atoms with E-state index in [-0.39, 0.29) is 5.82 Å². The van der Waals surface area contributed by atoms with E-state index in [9.17, 15) is 9.18 Å². The Kier molecular flexibility index (Phi) is 3.14. The first-order chi connectivity index (χ1) is 7.69. The average Bonchev–Trinajstić information content (AvgIpc) is 2.70. The molecule has 0 N–H and O–H groups in total. The van der Waals surface area contributed by atoms with Crippen LogP contribution in [0.15, 0.2) is 35.2 Å². The molecule has 0 unspecified atom stereocenters. The van der Waals surface area contributed by atoms with Gasteiger partial charge < -0.3 is 4.57 Å². The molecule has 0 fully saturated rings. The quantitative estimate of drug-likeness (QED) is 0.812. The predicted octanol–water partition coefficient (Wildman–Crippen LogP) is 2.65. The van der Waals surface area contributed by atoms with Gasteiger partial charge in [0.05, 0.1) is 12.9 Å². The Morgan fingerprint density at radius 1 is 1.50 bits per heavy atom. The Balaban J connectivity index is 2.23. The number of aldehydes is 1. The highest BCUT2D eigenvalue weighted by molar-refractivity contribution is 9.10.